The quantitative estimate of drug-likeness (QED) is 0.588. The van der Waals surface area contributed by atoms with Gasteiger partial charge in [0.25, 0.3) is 0 Å². The highest BCUT2D eigenvalue weighted by molar-refractivity contribution is 5.94. The van der Waals surface area contributed by atoms with Gasteiger partial charge in [-0.15, -0.1) is 0 Å². The molecule has 1 aliphatic carbocycles. The Morgan fingerprint density at radius 1 is 1.58 bits per heavy atom. The van der Waals surface area contributed by atoms with Crippen molar-refractivity contribution in [1.82, 2.24) is 0 Å². The van der Waals surface area contributed by atoms with Gasteiger partial charge in [-0.05, 0) is 37.3 Å². The van der Waals surface area contributed by atoms with Crippen LogP contribution >= 0.6 is 0 Å². The third-order valence-electron chi connectivity index (χ3n) is 2.20. The molecule has 0 bridgehead atoms. The molecule has 1 aliphatic rings. The molecule has 66 valence electrons. The average Bonchev–Trinajstić information content (AvgIpc) is 2.14. The fourth-order valence-corrected chi connectivity index (χ4v) is 1.40. The second-order valence-corrected chi connectivity index (χ2v) is 3.23. The van der Waals surface area contributed by atoms with Gasteiger partial charge in [-0.1, -0.05) is 13.0 Å². The number of Topliss-reactive ketones (excluding diaryl/α,β-unsaturated/α-hetero) is 1. The van der Waals surface area contributed by atoms with Crippen LogP contribution in [-0.4, -0.2) is 5.78 Å². The van der Waals surface area contributed by atoms with Crippen LogP contribution in [0.5, 0.6) is 0 Å². The van der Waals surface area contributed by atoms with E-state index in [-0.39, 0.29) is 17.5 Å². The lowest BCUT2D eigenvalue weighted by Crippen LogP contribution is -2.06. The Kier molecular flexibility index (Phi) is 2.79. The van der Waals surface area contributed by atoms with Crippen LogP contribution in [0.3, 0.4) is 0 Å². The molecule has 0 heterocycles. The smallest absolute Gasteiger partial charge is 0.156 e. The van der Waals surface area contributed by atoms with Crippen LogP contribution in [0.4, 0.5) is 4.39 Å². The van der Waals surface area contributed by atoms with Gasteiger partial charge in [-0.25, -0.2) is 4.39 Å². The first kappa shape index (κ1) is 9.17. The maximum absolute atomic E-state index is 12.8. The molecule has 0 amide bonds. The molecule has 0 saturated heterocycles. The minimum atomic E-state index is -0.127. The Morgan fingerprint density at radius 2 is 2.25 bits per heavy atom. The van der Waals surface area contributed by atoms with Gasteiger partial charge in [0.15, 0.2) is 5.78 Å². The van der Waals surface area contributed by atoms with E-state index in [2.05, 4.69) is 0 Å². The molecule has 1 rings (SSSR count). The van der Waals surface area contributed by atoms with Gasteiger partial charge in [0.1, 0.15) is 0 Å². The summed E-state index contributed by atoms with van der Waals surface area (Å²) in [7, 11) is 0. The molecule has 0 aliphatic heterocycles. The third-order valence-corrected chi connectivity index (χ3v) is 2.20. The van der Waals surface area contributed by atoms with E-state index in [4.69, 9.17) is 0 Å². The highest BCUT2D eigenvalue weighted by atomic mass is 19.1. The summed E-state index contributed by atoms with van der Waals surface area (Å²) < 4.78 is 12.8. The number of allylic oxidation sites excluding steroid dienone is 4. The number of hydrogen-bond donors (Lipinski definition) is 0. The van der Waals surface area contributed by atoms with Gasteiger partial charge in [0, 0.05) is 0 Å². The van der Waals surface area contributed by atoms with Crippen molar-refractivity contribution in [2.45, 2.75) is 26.7 Å². The van der Waals surface area contributed by atoms with Gasteiger partial charge < -0.3 is 0 Å². The first-order valence-corrected chi connectivity index (χ1v) is 4.18. The summed E-state index contributed by atoms with van der Waals surface area (Å²) >= 11 is 0. The molecule has 0 saturated carbocycles. The highest BCUT2D eigenvalue weighted by Crippen LogP contribution is 2.24. The summed E-state index contributed by atoms with van der Waals surface area (Å²) in [5.41, 5.74) is 0.739. The molecule has 0 aromatic carbocycles. The minimum absolute atomic E-state index is 0.0495. The Labute approximate surface area is 72.0 Å². The maximum Gasteiger partial charge on any atom is 0.156 e. The Bertz CT molecular complexity index is 251. The van der Waals surface area contributed by atoms with Crippen molar-refractivity contribution in [3.8, 4) is 0 Å². The van der Waals surface area contributed by atoms with Crippen LogP contribution in [0, 0.1) is 5.92 Å². The summed E-state index contributed by atoms with van der Waals surface area (Å²) in [6.07, 6.45) is 4.19. The molecule has 1 unspecified atom stereocenters. The number of ketones is 1. The fourth-order valence-electron chi connectivity index (χ4n) is 1.40. The standard InChI is InChI=1S/C10H13FO/c1-7-3-4-9(11)5-6-10(7)8(2)12/h5-7H,3-4H2,1-2H3. The van der Waals surface area contributed by atoms with Crippen LogP contribution in [0.1, 0.15) is 26.7 Å². The lowest BCUT2D eigenvalue weighted by atomic mass is 9.95. The lowest BCUT2D eigenvalue weighted by molar-refractivity contribution is -0.114. The van der Waals surface area contributed by atoms with Gasteiger partial charge in [-0.2, -0.15) is 0 Å². The largest absolute Gasteiger partial charge is 0.295 e. The van der Waals surface area contributed by atoms with Gasteiger partial charge in [-0.3, -0.25) is 4.79 Å². The van der Waals surface area contributed by atoms with Crippen LogP contribution in [0.15, 0.2) is 23.6 Å². The molecule has 1 atom stereocenters. The molecule has 0 aromatic heterocycles. The predicted molar refractivity (Wildman–Crippen MR) is 46.4 cm³/mol. The lowest BCUT2D eigenvalue weighted by Gasteiger charge is -2.09. The van der Waals surface area contributed by atoms with Crippen LogP contribution in [-0.2, 0) is 4.79 Å². The van der Waals surface area contributed by atoms with Crippen molar-refractivity contribution in [1.29, 1.82) is 0 Å². The number of hydrogen-bond acceptors (Lipinski definition) is 1. The molecule has 0 fully saturated rings. The second kappa shape index (κ2) is 3.65. The summed E-state index contributed by atoms with van der Waals surface area (Å²) in [6, 6.07) is 0. The summed E-state index contributed by atoms with van der Waals surface area (Å²) in [5, 5.41) is 0. The zero-order chi connectivity index (χ0) is 9.14. The summed E-state index contributed by atoms with van der Waals surface area (Å²) in [6.45, 7) is 3.49. The fraction of sp³-hybridized carbons (Fsp3) is 0.500. The van der Waals surface area contributed by atoms with Crippen LogP contribution < -0.4 is 0 Å². The summed E-state index contributed by atoms with van der Waals surface area (Å²) in [5.74, 6) is 0.110. The molecule has 2 heteroatoms. The minimum Gasteiger partial charge on any atom is -0.295 e. The van der Waals surface area contributed by atoms with E-state index in [1.807, 2.05) is 6.92 Å². The Balaban J connectivity index is 2.87. The zero-order valence-corrected chi connectivity index (χ0v) is 7.43. The monoisotopic (exact) mass is 168 g/mol. The van der Waals surface area contributed by atoms with Crippen molar-refractivity contribution < 1.29 is 9.18 Å². The van der Waals surface area contributed by atoms with E-state index in [0.717, 1.165) is 12.0 Å². The average molecular weight is 168 g/mol. The molecular weight excluding hydrogens is 155 g/mol. The number of carbonyl (C=O) groups is 1. The molecule has 0 aromatic rings. The van der Waals surface area contributed by atoms with Gasteiger partial charge in [0.2, 0.25) is 0 Å². The van der Waals surface area contributed by atoms with Gasteiger partial charge >= 0.3 is 0 Å². The first-order valence-electron chi connectivity index (χ1n) is 4.18. The van der Waals surface area contributed by atoms with Crippen molar-refractivity contribution in [2.24, 2.45) is 5.92 Å². The Hall–Kier alpha value is -0.920. The topological polar surface area (TPSA) is 17.1 Å². The van der Waals surface area contributed by atoms with E-state index < -0.39 is 0 Å². The molecular formula is C10H13FO. The summed E-state index contributed by atoms with van der Waals surface area (Å²) in [4.78, 5) is 11.0. The van der Waals surface area contributed by atoms with E-state index >= 15 is 0 Å². The van der Waals surface area contributed by atoms with E-state index in [9.17, 15) is 9.18 Å². The number of carbonyl (C=O) groups excluding carboxylic acids is 1. The van der Waals surface area contributed by atoms with Crippen molar-refractivity contribution >= 4 is 5.78 Å². The maximum atomic E-state index is 12.8. The molecule has 12 heavy (non-hydrogen) atoms. The van der Waals surface area contributed by atoms with Gasteiger partial charge in [0.05, 0.1) is 5.83 Å². The second-order valence-electron chi connectivity index (χ2n) is 3.23. The predicted octanol–water partition coefficient (Wildman–Crippen LogP) is 2.79. The van der Waals surface area contributed by atoms with E-state index in [1.165, 1.54) is 13.0 Å². The van der Waals surface area contributed by atoms with Crippen LogP contribution in [0.25, 0.3) is 0 Å². The number of halogens is 1. The highest BCUT2D eigenvalue weighted by Gasteiger charge is 2.15. The molecule has 0 N–H and O–H groups in total. The molecule has 0 radical (unpaired) electrons. The van der Waals surface area contributed by atoms with Crippen molar-refractivity contribution in [3.05, 3.63) is 23.6 Å². The normalized spacial score (nSPS) is 24.1. The zero-order valence-electron chi connectivity index (χ0n) is 7.43. The molecule has 0 spiro atoms. The SMILES string of the molecule is CC(=O)C1=CC=C(F)CCC1C. The Morgan fingerprint density at radius 3 is 2.83 bits per heavy atom. The number of rotatable bonds is 1. The first-order chi connectivity index (χ1) is 5.61. The van der Waals surface area contributed by atoms with Crippen molar-refractivity contribution in [3.63, 3.8) is 0 Å². The van der Waals surface area contributed by atoms with Crippen LogP contribution in [0.2, 0.25) is 0 Å². The third kappa shape index (κ3) is 2.03. The van der Waals surface area contributed by atoms with Crippen molar-refractivity contribution in [2.75, 3.05) is 0 Å². The van der Waals surface area contributed by atoms with E-state index in [0.29, 0.717) is 6.42 Å². The van der Waals surface area contributed by atoms with E-state index in [1.54, 1.807) is 6.08 Å². The molecule has 1 nitrogen and oxygen atoms in total.